The fraction of sp³-hybridized carbons (Fsp3) is 0.423. The zero-order chi connectivity index (χ0) is 26.0. The Labute approximate surface area is 209 Å². The van der Waals surface area contributed by atoms with Gasteiger partial charge >= 0.3 is 5.69 Å². The smallest absolute Gasteiger partial charge is 0.331 e. The number of carbonyl (C=O) groups excluding carboxylic acids is 1. The van der Waals surface area contributed by atoms with E-state index in [0.717, 1.165) is 29.8 Å². The van der Waals surface area contributed by atoms with Crippen molar-refractivity contribution in [1.82, 2.24) is 13.7 Å². The van der Waals surface area contributed by atoms with E-state index in [1.54, 1.807) is 45.3 Å². The number of benzene rings is 1. The number of Topliss-reactive ketones (excluding diaryl/α,β-unsaturated/α-hetero) is 1. The van der Waals surface area contributed by atoms with Gasteiger partial charge < -0.3 is 25.3 Å². The van der Waals surface area contributed by atoms with Crippen LogP contribution in [0.4, 0.5) is 11.5 Å². The maximum absolute atomic E-state index is 13.8. The molecule has 190 valence electrons. The lowest BCUT2D eigenvalue weighted by atomic mass is 10.1. The molecule has 0 amide bonds. The SMILES string of the molecule is CC#CCn1c(N2CCC[C@H](N)C2)c(NC)c2c1c(=O)n(CC(=O)c1cccc(OC)c1)c(=O)n2C. The molecule has 4 rings (SSSR count). The Morgan fingerprint density at radius 2 is 2.03 bits per heavy atom. The number of fused-ring (bicyclic) bond motifs is 1. The second kappa shape index (κ2) is 10.3. The molecule has 1 aromatic carbocycles. The van der Waals surface area contributed by atoms with Crippen molar-refractivity contribution in [2.24, 2.45) is 12.8 Å². The van der Waals surface area contributed by atoms with Crippen LogP contribution in [0.3, 0.4) is 0 Å². The number of hydrogen-bond donors (Lipinski definition) is 2. The van der Waals surface area contributed by atoms with E-state index < -0.39 is 17.8 Å². The number of piperidine rings is 1. The van der Waals surface area contributed by atoms with Gasteiger partial charge in [0.1, 0.15) is 28.3 Å². The molecule has 0 unspecified atom stereocenters. The molecule has 3 N–H and O–H groups in total. The minimum atomic E-state index is -0.569. The third kappa shape index (κ3) is 4.38. The first kappa shape index (κ1) is 25.1. The zero-order valence-corrected chi connectivity index (χ0v) is 21.1. The van der Waals surface area contributed by atoms with Gasteiger partial charge in [-0.2, -0.15) is 0 Å². The van der Waals surface area contributed by atoms with Crippen LogP contribution in [-0.4, -0.2) is 52.8 Å². The second-order valence-corrected chi connectivity index (χ2v) is 8.90. The fourth-order valence-corrected chi connectivity index (χ4v) is 4.87. The molecule has 1 saturated heterocycles. The van der Waals surface area contributed by atoms with Gasteiger partial charge in [0.25, 0.3) is 5.56 Å². The maximum Gasteiger partial charge on any atom is 0.331 e. The van der Waals surface area contributed by atoms with Crippen molar-refractivity contribution in [2.75, 3.05) is 37.5 Å². The van der Waals surface area contributed by atoms with Crippen LogP contribution in [-0.2, 0) is 20.1 Å². The summed E-state index contributed by atoms with van der Waals surface area (Å²) in [6.07, 6.45) is 1.85. The highest BCUT2D eigenvalue weighted by Gasteiger charge is 2.29. The van der Waals surface area contributed by atoms with E-state index in [-0.39, 0.29) is 18.4 Å². The van der Waals surface area contributed by atoms with Crippen LogP contribution in [0.5, 0.6) is 5.75 Å². The highest BCUT2D eigenvalue weighted by atomic mass is 16.5. The van der Waals surface area contributed by atoms with Crippen molar-refractivity contribution >= 4 is 28.3 Å². The molecule has 0 saturated carbocycles. The molecule has 3 aromatic rings. The van der Waals surface area contributed by atoms with Gasteiger partial charge in [-0.15, -0.1) is 5.92 Å². The Bertz CT molecular complexity index is 1490. The average Bonchev–Trinajstić information content (AvgIpc) is 3.22. The van der Waals surface area contributed by atoms with Crippen LogP contribution in [0, 0.1) is 11.8 Å². The number of aromatic nitrogens is 3. The predicted molar refractivity (Wildman–Crippen MR) is 141 cm³/mol. The van der Waals surface area contributed by atoms with Gasteiger partial charge in [0.15, 0.2) is 5.78 Å². The van der Waals surface area contributed by atoms with E-state index in [0.29, 0.717) is 34.6 Å². The van der Waals surface area contributed by atoms with Gasteiger partial charge in [0.2, 0.25) is 0 Å². The zero-order valence-electron chi connectivity index (χ0n) is 21.1. The molecule has 0 aliphatic carbocycles. The first-order valence-corrected chi connectivity index (χ1v) is 11.9. The average molecular weight is 493 g/mol. The number of carbonyl (C=O) groups is 1. The number of anilines is 2. The quantitative estimate of drug-likeness (QED) is 0.378. The summed E-state index contributed by atoms with van der Waals surface area (Å²) in [5.41, 5.74) is 6.98. The van der Waals surface area contributed by atoms with Crippen LogP contribution in [0.15, 0.2) is 33.9 Å². The standard InChI is InChI=1S/C26H32N6O4/c1-5-6-13-31-23-22(21(28-2)24(31)30-12-8-10-18(27)15-30)29(3)26(35)32(25(23)34)16-20(33)17-9-7-11-19(14-17)36-4/h7,9,11,14,18,28H,8,10,12-13,15-16,27H2,1-4H3/t18-/m0/s1. The monoisotopic (exact) mass is 492 g/mol. The van der Waals surface area contributed by atoms with Gasteiger partial charge in [-0.3, -0.25) is 18.7 Å². The van der Waals surface area contributed by atoms with Crippen LogP contribution in [0.1, 0.15) is 30.1 Å². The summed E-state index contributed by atoms with van der Waals surface area (Å²) in [6, 6.07) is 6.65. The van der Waals surface area contributed by atoms with Crippen LogP contribution >= 0.6 is 0 Å². The molecule has 1 fully saturated rings. The van der Waals surface area contributed by atoms with E-state index in [1.807, 2.05) is 4.57 Å². The lowest BCUT2D eigenvalue weighted by molar-refractivity contribution is 0.0968. The minimum Gasteiger partial charge on any atom is -0.497 e. The van der Waals surface area contributed by atoms with Crippen molar-refractivity contribution in [3.05, 3.63) is 50.7 Å². The Balaban J connectivity index is 1.94. The third-order valence-corrected chi connectivity index (χ3v) is 6.63. The van der Waals surface area contributed by atoms with E-state index in [1.165, 1.54) is 11.7 Å². The summed E-state index contributed by atoms with van der Waals surface area (Å²) in [5, 5.41) is 3.20. The number of nitrogens with two attached hydrogens (primary N) is 1. The summed E-state index contributed by atoms with van der Waals surface area (Å²) in [7, 11) is 4.89. The molecule has 36 heavy (non-hydrogen) atoms. The van der Waals surface area contributed by atoms with E-state index >= 15 is 0 Å². The molecule has 0 spiro atoms. The largest absolute Gasteiger partial charge is 0.497 e. The second-order valence-electron chi connectivity index (χ2n) is 8.90. The number of nitrogens with zero attached hydrogens (tertiary/aromatic N) is 4. The predicted octanol–water partition coefficient (Wildman–Crippen LogP) is 1.39. The van der Waals surface area contributed by atoms with Crippen LogP contribution < -0.4 is 31.9 Å². The van der Waals surface area contributed by atoms with Gasteiger partial charge in [-0.05, 0) is 31.9 Å². The Morgan fingerprint density at radius 3 is 2.69 bits per heavy atom. The van der Waals surface area contributed by atoms with Crippen molar-refractivity contribution in [3.63, 3.8) is 0 Å². The molecular formula is C26H32N6O4. The Hall–Kier alpha value is -3.97. The molecule has 1 aliphatic heterocycles. The number of ketones is 1. The highest BCUT2D eigenvalue weighted by molar-refractivity contribution is 5.99. The van der Waals surface area contributed by atoms with Crippen molar-refractivity contribution in [3.8, 4) is 17.6 Å². The lowest BCUT2D eigenvalue weighted by Gasteiger charge is -2.33. The van der Waals surface area contributed by atoms with Crippen molar-refractivity contribution in [1.29, 1.82) is 0 Å². The lowest BCUT2D eigenvalue weighted by Crippen LogP contribution is -2.44. The van der Waals surface area contributed by atoms with Crippen molar-refractivity contribution < 1.29 is 9.53 Å². The molecule has 2 aromatic heterocycles. The summed E-state index contributed by atoms with van der Waals surface area (Å²) >= 11 is 0. The first-order chi connectivity index (χ1) is 17.3. The van der Waals surface area contributed by atoms with Gasteiger partial charge in [-0.1, -0.05) is 18.1 Å². The van der Waals surface area contributed by atoms with E-state index in [4.69, 9.17) is 10.5 Å². The molecule has 1 atom stereocenters. The van der Waals surface area contributed by atoms with Gasteiger partial charge in [0.05, 0.1) is 20.2 Å². The third-order valence-electron chi connectivity index (χ3n) is 6.63. The highest BCUT2D eigenvalue weighted by Crippen LogP contribution is 2.36. The molecular weight excluding hydrogens is 460 g/mol. The van der Waals surface area contributed by atoms with E-state index in [2.05, 4.69) is 22.1 Å². The molecule has 3 heterocycles. The molecule has 0 bridgehead atoms. The number of rotatable bonds is 7. The maximum atomic E-state index is 13.8. The number of aryl methyl sites for hydroxylation is 1. The van der Waals surface area contributed by atoms with Crippen LogP contribution in [0.25, 0.3) is 11.0 Å². The number of nitrogens with one attached hydrogen (secondary N) is 1. The Morgan fingerprint density at radius 1 is 1.25 bits per heavy atom. The summed E-state index contributed by atoms with van der Waals surface area (Å²) in [5.74, 6) is 6.88. The molecule has 10 heteroatoms. The fourth-order valence-electron chi connectivity index (χ4n) is 4.87. The van der Waals surface area contributed by atoms with Crippen molar-refractivity contribution in [2.45, 2.75) is 38.9 Å². The number of ether oxygens (including phenoxy) is 1. The Kier molecular flexibility index (Phi) is 7.22. The first-order valence-electron chi connectivity index (χ1n) is 11.9. The summed E-state index contributed by atoms with van der Waals surface area (Å²) in [6.45, 7) is 3.00. The molecule has 0 radical (unpaired) electrons. The molecule has 1 aliphatic rings. The number of hydrogen-bond acceptors (Lipinski definition) is 7. The van der Waals surface area contributed by atoms with Gasteiger partial charge in [0, 0.05) is 38.8 Å². The van der Waals surface area contributed by atoms with Gasteiger partial charge in [-0.25, -0.2) is 4.79 Å². The minimum absolute atomic E-state index is 0.00754. The normalized spacial score (nSPS) is 15.5. The summed E-state index contributed by atoms with van der Waals surface area (Å²) in [4.78, 5) is 42.4. The van der Waals surface area contributed by atoms with Crippen LogP contribution in [0.2, 0.25) is 0 Å². The number of methoxy groups -OCH3 is 1. The topological polar surface area (TPSA) is 117 Å². The van der Waals surface area contributed by atoms with E-state index in [9.17, 15) is 14.4 Å². The molecule has 10 nitrogen and oxygen atoms in total. The summed E-state index contributed by atoms with van der Waals surface area (Å²) < 4.78 is 9.45.